The van der Waals surface area contributed by atoms with Crippen molar-refractivity contribution in [1.82, 2.24) is 24.8 Å². The smallest absolute Gasteiger partial charge is 0.276 e. The first kappa shape index (κ1) is 18.2. The molecule has 3 aromatic rings. The lowest BCUT2D eigenvalue weighted by atomic mass is 10.0. The molecule has 8 nitrogen and oxygen atoms in total. The fourth-order valence-corrected chi connectivity index (χ4v) is 3.78. The molecule has 1 aliphatic heterocycles. The van der Waals surface area contributed by atoms with Crippen molar-refractivity contribution in [2.45, 2.75) is 19.4 Å². The fraction of sp³-hybridized carbons (Fsp3) is 0.350. The highest BCUT2D eigenvalue weighted by molar-refractivity contribution is 5.80. The Morgan fingerprint density at radius 1 is 1.32 bits per heavy atom. The van der Waals surface area contributed by atoms with Gasteiger partial charge in [-0.1, -0.05) is 18.2 Å². The maximum absolute atomic E-state index is 13.2. The van der Waals surface area contributed by atoms with Crippen molar-refractivity contribution < 1.29 is 9.53 Å². The summed E-state index contributed by atoms with van der Waals surface area (Å²) in [5.74, 6) is 0.658. The van der Waals surface area contributed by atoms with Crippen LogP contribution in [-0.4, -0.2) is 52.1 Å². The van der Waals surface area contributed by atoms with E-state index in [0.717, 1.165) is 11.3 Å². The van der Waals surface area contributed by atoms with Gasteiger partial charge in [-0.15, -0.1) is 0 Å². The number of fused-ring (bicyclic) bond motifs is 1. The lowest BCUT2D eigenvalue weighted by molar-refractivity contribution is -0.133. The van der Waals surface area contributed by atoms with Crippen LogP contribution in [0.2, 0.25) is 0 Å². The molecule has 28 heavy (non-hydrogen) atoms. The highest BCUT2D eigenvalue weighted by Gasteiger charge is 2.30. The van der Waals surface area contributed by atoms with Gasteiger partial charge in [-0.3, -0.25) is 14.7 Å². The average Bonchev–Trinajstić information content (AvgIpc) is 3.19. The van der Waals surface area contributed by atoms with Crippen LogP contribution in [0.1, 0.15) is 22.9 Å². The Bertz CT molecular complexity index is 1070. The van der Waals surface area contributed by atoms with Gasteiger partial charge in [0, 0.05) is 48.7 Å². The number of methoxy groups -OCH3 is 1. The van der Waals surface area contributed by atoms with Crippen LogP contribution in [-0.2, 0) is 11.2 Å². The molecule has 1 amide bonds. The molecule has 1 aromatic carbocycles. The van der Waals surface area contributed by atoms with Crippen molar-refractivity contribution in [3.63, 3.8) is 0 Å². The summed E-state index contributed by atoms with van der Waals surface area (Å²) in [6, 6.07) is 9.30. The van der Waals surface area contributed by atoms with Gasteiger partial charge in [0.1, 0.15) is 5.75 Å². The summed E-state index contributed by atoms with van der Waals surface area (Å²) in [4.78, 5) is 32.2. The van der Waals surface area contributed by atoms with E-state index in [2.05, 4.69) is 15.4 Å². The normalized spacial score (nSPS) is 17.1. The molecule has 0 aliphatic carbocycles. The lowest BCUT2D eigenvalue weighted by Crippen LogP contribution is -2.49. The second-order valence-corrected chi connectivity index (χ2v) is 6.86. The number of carbonyl (C=O) groups excluding carboxylic acids is 1. The first-order chi connectivity index (χ1) is 13.6. The Morgan fingerprint density at radius 3 is 2.96 bits per heavy atom. The maximum atomic E-state index is 13.2. The second kappa shape index (κ2) is 7.47. The Labute approximate surface area is 162 Å². The minimum Gasteiger partial charge on any atom is -0.496 e. The second-order valence-electron chi connectivity index (χ2n) is 6.86. The minimum atomic E-state index is -0.232. The number of amides is 1. The number of para-hydroxylation sites is 1. The molecular formula is C20H23N5O3. The Kier molecular flexibility index (Phi) is 4.87. The number of nitrogens with zero attached hydrogens (tertiary/aromatic N) is 3. The number of aryl methyl sites for hydroxylation is 1. The van der Waals surface area contributed by atoms with E-state index in [1.54, 1.807) is 26.3 Å². The number of aromatic amines is 1. The van der Waals surface area contributed by atoms with Crippen LogP contribution >= 0.6 is 0 Å². The molecule has 1 saturated heterocycles. The molecule has 4 rings (SSSR count). The summed E-state index contributed by atoms with van der Waals surface area (Å²) in [6.45, 7) is 3.69. The zero-order valence-electron chi connectivity index (χ0n) is 15.9. The average molecular weight is 381 g/mol. The van der Waals surface area contributed by atoms with Crippen LogP contribution in [0, 0.1) is 6.92 Å². The van der Waals surface area contributed by atoms with E-state index < -0.39 is 0 Å². The molecule has 0 spiro atoms. The van der Waals surface area contributed by atoms with Crippen LogP contribution in [0.25, 0.3) is 5.65 Å². The summed E-state index contributed by atoms with van der Waals surface area (Å²) in [5.41, 5.74) is 2.28. The van der Waals surface area contributed by atoms with Crippen molar-refractivity contribution in [3.05, 3.63) is 63.7 Å². The number of carbonyl (C=O) groups is 1. The molecular weight excluding hydrogens is 358 g/mol. The number of benzene rings is 1. The van der Waals surface area contributed by atoms with Gasteiger partial charge < -0.3 is 15.0 Å². The van der Waals surface area contributed by atoms with Crippen LogP contribution in [0.5, 0.6) is 5.75 Å². The molecule has 0 saturated carbocycles. The van der Waals surface area contributed by atoms with Crippen LogP contribution in [0.15, 0.2) is 41.3 Å². The van der Waals surface area contributed by atoms with E-state index in [9.17, 15) is 9.59 Å². The van der Waals surface area contributed by atoms with E-state index in [1.807, 2.05) is 29.2 Å². The molecule has 1 unspecified atom stereocenters. The van der Waals surface area contributed by atoms with Gasteiger partial charge >= 0.3 is 0 Å². The van der Waals surface area contributed by atoms with E-state index in [-0.39, 0.29) is 23.9 Å². The predicted molar refractivity (Wildman–Crippen MR) is 105 cm³/mol. The largest absolute Gasteiger partial charge is 0.496 e. The van der Waals surface area contributed by atoms with E-state index in [1.165, 1.54) is 4.52 Å². The summed E-state index contributed by atoms with van der Waals surface area (Å²) in [7, 11) is 1.63. The third-order valence-electron chi connectivity index (χ3n) is 5.24. The van der Waals surface area contributed by atoms with Gasteiger partial charge in [0.05, 0.1) is 19.6 Å². The van der Waals surface area contributed by atoms with Crippen LogP contribution < -0.4 is 15.6 Å². The molecule has 8 heteroatoms. The molecule has 1 fully saturated rings. The van der Waals surface area contributed by atoms with Gasteiger partial charge in [-0.2, -0.15) is 0 Å². The highest BCUT2D eigenvalue weighted by atomic mass is 16.5. The van der Waals surface area contributed by atoms with Crippen LogP contribution in [0.3, 0.4) is 0 Å². The van der Waals surface area contributed by atoms with E-state index in [0.29, 0.717) is 36.5 Å². The fourth-order valence-electron chi connectivity index (χ4n) is 3.78. The van der Waals surface area contributed by atoms with Gasteiger partial charge in [0.2, 0.25) is 5.91 Å². The maximum Gasteiger partial charge on any atom is 0.276 e. The zero-order chi connectivity index (χ0) is 19.7. The molecule has 0 radical (unpaired) electrons. The summed E-state index contributed by atoms with van der Waals surface area (Å²) < 4.78 is 6.86. The number of nitrogens with one attached hydrogen (secondary N) is 2. The Hall–Kier alpha value is -3.13. The minimum absolute atomic E-state index is 0.0191. The van der Waals surface area contributed by atoms with E-state index >= 15 is 0 Å². The quantitative estimate of drug-likeness (QED) is 0.705. The van der Waals surface area contributed by atoms with Crippen molar-refractivity contribution in [1.29, 1.82) is 0 Å². The monoisotopic (exact) mass is 381 g/mol. The first-order valence-electron chi connectivity index (χ1n) is 9.29. The molecule has 2 aromatic heterocycles. The summed E-state index contributed by atoms with van der Waals surface area (Å²) in [6.07, 6.45) is 1.67. The number of H-pyrrole nitrogens is 1. The predicted octanol–water partition coefficient (Wildman–Crippen LogP) is 1.06. The topological polar surface area (TPSA) is 91.7 Å². The molecule has 1 aliphatic rings. The molecule has 2 N–H and O–H groups in total. The number of piperazine rings is 1. The third kappa shape index (κ3) is 3.16. The Balaban J connectivity index is 1.66. The van der Waals surface area contributed by atoms with Crippen molar-refractivity contribution in [2.24, 2.45) is 0 Å². The van der Waals surface area contributed by atoms with E-state index in [4.69, 9.17) is 4.74 Å². The molecule has 3 heterocycles. The summed E-state index contributed by atoms with van der Waals surface area (Å²) in [5, 5.41) is 6.19. The Morgan fingerprint density at radius 2 is 2.14 bits per heavy atom. The number of aromatic nitrogens is 3. The third-order valence-corrected chi connectivity index (χ3v) is 5.24. The van der Waals surface area contributed by atoms with Crippen molar-refractivity contribution in [3.8, 4) is 5.75 Å². The highest BCUT2D eigenvalue weighted by Crippen LogP contribution is 2.30. The molecule has 146 valence electrons. The summed E-state index contributed by atoms with van der Waals surface area (Å²) >= 11 is 0. The number of hydrogen-bond acceptors (Lipinski definition) is 5. The molecule has 1 atom stereocenters. The number of ether oxygens (including phenoxy) is 1. The molecule has 0 bridgehead atoms. The van der Waals surface area contributed by atoms with Crippen molar-refractivity contribution in [2.75, 3.05) is 26.7 Å². The number of rotatable bonds is 4. The van der Waals surface area contributed by atoms with Crippen LogP contribution in [0.4, 0.5) is 0 Å². The lowest BCUT2D eigenvalue weighted by Gasteiger charge is -2.37. The zero-order valence-corrected chi connectivity index (χ0v) is 15.9. The standard InChI is InChI=1S/C20H23N5O3/c1-13-15(20(27)25-18(23-13)7-8-22-25)11-19(26)24-10-9-21-12-16(24)14-5-3-4-6-17(14)28-2/h3-8,16,21-22H,9-12H2,1-2H3. The number of hydrogen-bond donors (Lipinski definition) is 2. The van der Waals surface area contributed by atoms with Gasteiger partial charge in [0.25, 0.3) is 5.56 Å². The van der Waals surface area contributed by atoms with Gasteiger partial charge in [-0.05, 0) is 13.0 Å². The SMILES string of the molecule is COc1ccccc1C1CNCCN1C(=O)Cc1c(C)nc2cc[nH]n2c1=O. The van der Waals surface area contributed by atoms with Gasteiger partial charge in [0.15, 0.2) is 5.65 Å². The van der Waals surface area contributed by atoms with Gasteiger partial charge in [-0.25, -0.2) is 9.50 Å². The van der Waals surface area contributed by atoms with Crippen molar-refractivity contribution >= 4 is 11.6 Å². The first-order valence-corrected chi connectivity index (χ1v) is 9.29.